The van der Waals surface area contributed by atoms with Crippen molar-refractivity contribution in [2.45, 2.75) is 6.42 Å². The molecule has 2 heterocycles. The molecule has 0 spiro atoms. The van der Waals surface area contributed by atoms with Crippen LogP contribution in [-0.2, 0) is 0 Å². The maximum atomic E-state index is 5.79. The molecule has 14 heavy (non-hydrogen) atoms. The number of hydrogen-bond donors (Lipinski definition) is 1. The van der Waals surface area contributed by atoms with E-state index in [1.165, 1.54) is 0 Å². The van der Waals surface area contributed by atoms with Gasteiger partial charge >= 0.3 is 0 Å². The van der Waals surface area contributed by atoms with Gasteiger partial charge in [-0.2, -0.15) is 0 Å². The molecular formula is C9H13ClN4. The molecule has 2 rings (SSSR count). The summed E-state index contributed by atoms with van der Waals surface area (Å²) in [6, 6.07) is 1.68. The van der Waals surface area contributed by atoms with Crippen LogP contribution in [0.2, 0.25) is 5.15 Å². The number of hydrogen-bond acceptors (Lipinski definition) is 4. The fourth-order valence-electron chi connectivity index (χ4n) is 1.69. The standard InChI is InChI=1S/C9H13ClN4/c10-8-1-3-12-9(13-8)14-4-2-7(5-11)6-14/h1,3,7H,2,4-6,11H2/t7-/m0/s1. The lowest BCUT2D eigenvalue weighted by atomic mass is 10.1. The average molecular weight is 213 g/mol. The van der Waals surface area contributed by atoms with E-state index < -0.39 is 0 Å². The summed E-state index contributed by atoms with van der Waals surface area (Å²) in [5.41, 5.74) is 5.61. The Morgan fingerprint density at radius 3 is 3.14 bits per heavy atom. The molecule has 0 amide bonds. The summed E-state index contributed by atoms with van der Waals surface area (Å²) in [6.45, 7) is 2.65. The zero-order valence-electron chi connectivity index (χ0n) is 7.86. The van der Waals surface area contributed by atoms with Gasteiger partial charge in [-0.25, -0.2) is 9.97 Å². The molecule has 1 atom stereocenters. The molecule has 1 aliphatic rings. The molecule has 5 heteroatoms. The van der Waals surface area contributed by atoms with Crippen molar-refractivity contribution in [2.75, 3.05) is 24.5 Å². The molecule has 4 nitrogen and oxygen atoms in total. The van der Waals surface area contributed by atoms with Crippen LogP contribution in [0.1, 0.15) is 6.42 Å². The number of aromatic nitrogens is 2. The van der Waals surface area contributed by atoms with Crippen LogP contribution in [0.4, 0.5) is 5.95 Å². The molecule has 2 N–H and O–H groups in total. The van der Waals surface area contributed by atoms with E-state index in [-0.39, 0.29) is 0 Å². The third-order valence-corrected chi connectivity index (χ3v) is 2.72. The summed E-state index contributed by atoms with van der Waals surface area (Å²) in [6.07, 6.45) is 2.80. The molecule has 0 unspecified atom stereocenters. The van der Waals surface area contributed by atoms with Gasteiger partial charge in [-0.15, -0.1) is 0 Å². The van der Waals surface area contributed by atoms with Crippen molar-refractivity contribution in [3.8, 4) is 0 Å². The van der Waals surface area contributed by atoms with E-state index in [0.717, 1.165) is 26.1 Å². The van der Waals surface area contributed by atoms with E-state index in [0.29, 0.717) is 17.0 Å². The fourth-order valence-corrected chi connectivity index (χ4v) is 1.82. The largest absolute Gasteiger partial charge is 0.340 e. The molecule has 0 radical (unpaired) electrons. The van der Waals surface area contributed by atoms with Crippen LogP contribution in [0.15, 0.2) is 12.3 Å². The molecule has 0 bridgehead atoms. The number of rotatable bonds is 2. The third kappa shape index (κ3) is 1.96. The fraction of sp³-hybridized carbons (Fsp3) is 0.556. The number of nitrogens with two attached hydrogens (primary N) is 1. The second-order valence-corrected chi connectivity index (χ2v) is 3.90. The van der Waals surface area contributed by atoms with E-state index >= 15 is 0 Å². The van der Waals surface area contributed by atoms with Gasteiger partial charge in [-0.3, -0.25) is 0 Å². The van der Waals surface area contributed by atoms with Crippen LogP contribution in [0.3, 0.4) is 0 Å². The Balaban J connectivity index is 2.09. The zero-order chi connectivity index (χ0) is 9.97. The molecule has 1 fully saturated rings. The highest BCUT2D eigenvalue weighted by molar-refractivity contribution is 6.29. The SMILES string of the molecule is NC[C@@H]1CCN(c2nccc(Cl)n2)C1. The smallest absolute Gasteiger partial charge is 0.226 e. The van der Waals surface area contributed by atoms with Crippen LogP contribution in [-0.4, -0.2) is 29.6 Å². The summed E-state index contributed by atoms with van der Waals surface area (Å²) >= 11 is 5.79. The van der Waals surface area contributed by atoms with Crippen molar-refractivity contribution in [2.24, 2.45) is 11.7 Å². The van der Waals surface area contributed by atoms with Crippen LogP contribution in [0.5, 0.6) is 0 Å². The summed E-state index contributed by atoms with van der Waals surface area (Å²) in [4.78, 5) is 10.5. The van der Waals surface area contributed by atoms with Crippen LogP contribution in [0, 0.1) is 5.92 Å². The maximum absolute atomic E-state index is 5.79. The van der Waals surface area contributed by atoms with Gasteiger partial charge in [0.2, 0.25) is 5.95 Å². The summed E-state index contributed by atoms with van der Waals surface area (Å²) in [5, 5.41) is 0.492. The van der Waals surface area contributed by atoms with Gasteiger partial charge in [0.15, 0.2) is 0 Å². The normalized spacial score (nSPS) is 21.6. The predicted molar refractivity (Wildman–Crippen MR) is 56.4 cm³/mol. The van der Waals surface area contributed by atoms with Gasteiger partial charge in [-0.05, 0) is 24.9 Å². The zero-order valence-corrected chi connectivity index (χ0v) is 8.61. The molecule has 1 aromatic heterocycles. The molecule has 0 aromatic carbocycles. The van der Waals surface area contributed by atoms with Crippen LogP contribution >= 0.6 is 11.6 Å². The summed E-state index contributed by atoms with van der Waals surface area (Å²) < 4.78 is 0. The Kier molecular flexibility index (Phi) is 2.84. The molecule has 1 saturated heterocycles. The van der Waals surface area contributed by atoms with Crippen molar-refractivity contribution in [3.05, 3.63) is 17.4 Å². The van der Waals surface area contributed by atoms with E-state index in [9.17, 15) is 0 Å². The third-order valence-electron chi connectivity index (χ3n) is 2.51. The lowest BCUT2D eigenvalue weighted by Crippen LogP contribution is -2.24. The van der Waals surface area contributed by atoms with Gasteiger partial charge < -0.3 is 10.6 Å². The van der Waals surface area contributed by atoms with Crippen molar-refractivity contribution in [3.63, 3.8) is 0 Å². The Labute approximate surface area is 88.1 Å². The van der Waals surface area contributed by atoms with E-state index in [1.54, 1.807) is 12.3 Å². The van der Waals surface area contributed by atoms with Gasteiger partial charge in [0.25, 0.3) is 0 Å². The van der Waals surface area contributed by atoms with E-state index in [4.69, 9.17) is 17.3 Å². The number of anilines is 1. The second kappa shape index (κ2) is 4.11. The Morgan fingerprint density at radius 1 is 1.64 bits per heavy atom. The Hall–Kier alpha value is -0.870. The minimum Gasteiger partial charge on any atom is -0.340 e. The summed E-state index contributed by atoms with van der Waals surface area (Å²) in [5.74, 6) is 1.28. The van der Waals surface area contributed by atoms with Gasteiger partial charge in [0, 0.05) is 19.3 Å². The Bertz CT molecular complexity index is 317. The Morgan fingerprint density at radius 2 is 2.50 bits per heavy atom. The van der Waals surface area contributed by atoms with Crippen LogP contribution < -0.4 is 10.6 Å². The van der Waals surface area contributed by atoms with Crippen molar-refractivity contribution < 1.29 is 0 Å². The maximum Gasteiger partial charge on any atom is 0.226 e. The summed E-state index contributed by atoms with van der Waals surface area (Å²) in [7, 11) is 0. The first-order valence-electron chi connectivity index (χ1n) is 4.73. The lowest BCUT2D eigenvalue weighted by Gasteiger charge is -2.15. The first kappa shape index (κ1) is 9.68. The quantitative estimate of drug-likeness (QED) is 0.741. The second-order valence-electron chi connectivity index (χ2n) is 3.52. The average Bonchev–Trinajstić information content (AvgIpc) is 2.66. The predicted octanol–water partition coefficient (Wildman–Crippen LogP) is 0.915. The highest BCUT2D eigenvalue weighted by atomic mass is 35.5. The molecule has 1 aromatic rings. The number of halogens is 1. The van der Waals surface area contributed by atoms with Crippen molar-refractivity contribution in [1.82, 2.24) is 9.97 Å². The van der Waals surface area contributed by atoms with Gasteiger partial charge in [0.1, 0.15) is 5.15 Å². The molecule has 76 valence electrons. The molecule has 0 saturated carbocycles. The monoisotopic (exact) mass is 212 g/mol. The van der Waals surface area contributed by atoms with Crippen molar-refractivity contribution in [1.29, 1.82) is 0 Å². The lowest BCUT2D eigenvalue weighted by molar-refractivity contribution is 0.602. The van der Waals surface area contributed by atoms with Gasteiger partial charge in [-0.1, -0.05) is 11.6 Å². The topological polar surface area (TPSA) is 55.0 Å². The highest BCUT2D eigenvalue weighted by Crippen LogP contribution is 2.20. The first-order valence-corrected chi connectivity index (χ1v) is 5.11. The minimum atomic E-state index is 0.492. The highest BCUT2D eigenvalue weighted by Gasteiger charge is 2.22. The molecular weight excluding hydrogens is 200 g/mol. The van der Waals surface area contributed by atoms with Crippen molar-refractivity contribution >= 4 is 17.5 Å². The molecule has 1 aliphatic heterocycles. The molecule has 0 aliphatic carbocycles. The minimum absolute atomic E-state index is 0.492. The van der Waals surface area contributed by atoms with Gasteiger partial charge in [0.05, 0.1) is 0 Å². The van der Waals surface area contributed by atoms with E-state index in [1.807, 2.05) is 0 Å². The van der Waals surface area contributed by atoms with E-state index in [2.05, 4.69) is 14.9 Å². The first-order chi connectivity index (χ1) is 6.79. The van der Waals surface area contributed by atoms with Crippen LogP contribution in [0.25, 0.3) is 0 Å². The number of nitrogens with zero attached hydrogens (tertiary/aromatic N) is 3.